The first-order valence-corrected chi connectivity index (χ1v) is 5.92. The van der Waals surface area contributed by atoms with Crippen molar-refractivity contribution in [3.63, 3.8) is 0 Å². The summed E-state index contributed by atoms with van der Waals surface area (Å²) in [7, 11) is 1.79. The maximum atomic E-state index is 4.10. The summed E-state index contributed by atoms with van der Waals surface area (Å²) in [6.45, 7) is 0. The summed E-state index contributed by atoms with van der Waals surface area (Å²) >= 11 is 0. The zero-order valence-electron chi connectivity index (χ0n) is 10.4. The number of rotatable bonds is 4. The van der Waals surface area contributed by atoms with Gasteiger partial charge in [-0.15, -0.1) is 0 Å². The Hall–Kier alpha value is -2.35. The first-order chi connectivity index (χ1) is 8.90. The highest BCUT2D eigenvalue weighted by atomic mass is 15.3. The van der Waals surface area contributed by atoms with Gasteiger partial charge in [0.15, 0.2) is 0 Å². The van der Waals surface area contributed by atoms with Crippen LogP contribution in [-0.2, 0) is 0 Å². The number of hydrogen-bond acceptors (Lipinski definition) is 2. The molecule has 0 amide bonds. The molecular weight excluding hydrogens is 220 g/mol. The van der Waals surface area contributed by atoms with Crippen molar-refractivity contribution in [2.24, 2.45) is 5.10 Å². The van der Waals surface area contributed by atoms with Gasteiger partial charge in [-0.2, -0.15) is 5.10 Å². The molecule has 0 aromatic heterocycles. The highest BCUT2D eigenvalue weighted by molar-refractivity contribution is 6.15. The van der Waals surface area contributed by atoms with Gasteiger partial charge in [0.25, 0.3) is 0 Å². The largest absolute Gasteiger partial charge is 0.313 e. The Kier molecular flexibility index (Phi) is 4.31. The van der Waals surface area contributed by atoms with Gasteiger partial charge in [0.05, 0.1) is 6.21 Å². The van der Waals surface area contributed by atoms with Crippen LogP contribution in [-0.4, -0.2) is 13.3 Å². The fourth-order valence-corrected chi connectivity index (χ4v) is 1.69. The third kappa shape index (κ3) is 3.32. The summed E-state index contributed by atoms with van der Waals surface area (Å²) in [5.41, 5.74) is 6.18. The standard InChI is InChI=1S/C16H16N2/c1-17-18-13-16(15-10-6-3-7-11-15)12-14-8-4-2-5-9-14/h2-13,17H,1H3/b16-12-,18-13+. The fourth-order valence-electron chi connectivity index (χ4n) is 1.69. The predicted molar refractivity (Wildman–Crippen MR) is 78.3 cm³/mol. The van der Waals surface area contributed by atoms with E-state index < -0.39 is 0 Å². The highest BCUT2D eigenvalue weighted by Gasteiger charge is 1.98. The van der Waals surface area contributed by atoms with Gasteiger partial charge in [0, 0.05) is 12.6 Å². The van der Waals surface area contributed by atoms with E-state index in [-0.39, 0.29) is 0 Å². The highest BCUT2D eigenvalue weighted by Crippen LogP contribution is 2.16. The topological polar surface area (TPSA) is 24.4 Å². The van der Waals surface area contributed by atoms with E-state index in [0.717, 1.165) is 11.1 Å². The SMILES string of the molecule is CN/N=C/C(=C/c1ccccc1)c1ccccc1. The van der Waals surface area contributed by atoms with E-state index in [1.54, 1.807) is 7.05 Å². The monoisotopic (exact) mass is 236 g/mol. The molecule has 0 aliphatic heterocycles. The number of allylic oxidation sites excluding steroid dienone is 1. The Morgan fingerprint density at radius 2 is 1.56 bits per heavy atom. The minimum Gasteiger partial charge on any atom is -0.313 e. The normalized spacial score (nSPS) is 11.7. The molecule has 18 heavy (non-hydrogen) atoms. The van der Waals surface area contributed by atoms with Crippen LogP contribution in [0.3, 0.4) is 0 Å². The van der Waals surface area contributed by atoms with Crippen molar-refractivity contribution in [2.75, 3.05) is 7.05 Å². The lowest BCUT2D eigenvalue weighted by molar-refractivity contribution is 0.909. The molecule has 0 saturated heterocycles. The van der Waals surface area contributed by atoms with Crippen LogP contribution in [0.2, 0.25) is 0 Å². The second kappa shape index (κ2) is 6.40. The third-order valence-corrected chi connectivity index (χ3v) is 2.56. The predicted octanol–water partition coefficient (Wildman–Crippen LogP) is 3.43. The molecule has 0 radical (unpaired) electrons. The van der Waals surface area contributed by atoms with Gasteiger partial charge in [0.2, 0.25) is 0 Å². The lowest BCUT2D eigenvalue weighted by Gasteiger charge is -2.02. The van der Waals surface area contributed by atoms with Crippen molar-refractivity contribution in [3.05, 3.63) is 71.8 Å². The van der Waals surface area contributed by atoms with Crippen molar-refractivity contribution in [2.45, 2.75) is 0 Å². The van der Waals surface area contributed by atoms with Crippen LogP contribution in [0, 0.1) is 0 Å². The van der Waals surface area contributed by atoms with Crippen molar-refractivity contribution >= 4 is 17.9 Å². The second-order valence-electron chi connectivity index (χ2n) is 3.86. The number of hydrazone groups is 1. The molecule has 2 aromatic carbocycles. The molecular formula is C16H16N2. The zero-order chi connectivity index (χ0) is 12.6. The third-order valence-electron chi connectivity index (χ3n) is 2.56. The molecule has 2 aromatic rings. The van der Waals surface area contributed by atoms with E-state index in [0.29, 0.717) is 0 Å². The van der Waals surface area contributed by atoms with Gasteiger partial charge < -0.3 is 5.43 Å². The van der Waals surface area contributed by atoms with Crippen LogP contribution < -0.4 is 5.43 Å². The summed E-state index contributed by atoms with van der Waals surface area (Å²) in [6.07, 6.45) is 3.96. The van der Waals surface area contributed by atoms with Crippen molar-refractivity contribution in [1.82, 2.24) is 5.43 Å². The van der Waals surface area contributed by atoms with Gasteiger partial charge >= 0.3 is 0 Å². The number of nitrogens with zero attached hydrogens (tertiary/aromatic N) is 1. The quantitative estimate of drug-likeness (QED) is 0.491. The molecule has 0 bridgehead atoms. The van der Waals surface area contributed by atoms with Crippen LogP contribution in [0.1, 0.15) is 11.1 Å². The van der Waals surface area contributed by atoms with Crippen LogP contribution in [0.25, 0.3) is 11.6 Å². The first-order valence-electron chi connectivity index (χ1n) is 5.92. The Balaban J connectivity index is 2.37. The van der Waals surface area contributed by atoms with Crippen LogP contribution in [0.5, 0.6) is 0 Å². The molecule has 0 aliphatic rings. The van der Waals surface area contributed by atoms with E-state index in [9.17, 15) is 0 Å². The average Bonchev–Trinajstić information content (AvgIpc) is 2.45. The summed E-state index contributed by atoms with van der Waals surface area (Å²) < 4.78 is 0. The summed E-state index contributed by atoms with van der Waals surface area (Å²) in [5.74, 6) is 0. The van der Waals surface area contributed by atoms with Gasteiger partial charge in [-0.25, -0.2) is 0 Å². The molecule has 1 N–H and O–H groups in total. The molecule has 0 fully saturated rings. The Bertz CT molecular complexity index is 528. The molecule has 0 atom stereocenters. The van der Waals surface area contributed by atoms with E-state index in [4.69, 9.17) is 0 Å². The molecule has 0 aliphatic carbocycles. The average molecular weight is 236 g/mol. The number of nitrogens with one attached hydrogen (secondary N) is 1. The maximum Gasteiger partial charge on any atom is 0.0546 e. The molecule has 2 rings (SSSR count). The molecule has 0 saturated carbocycles. The van der Waals surface area contributed by atoms with Gasteiger partial charge in [-0.05, 0) is 17.2 Å². The Labute approximate surface area is 108 Å². The minimum atomic E-state index is 1.08. The van der Waals surface area contributed by atoms with Crippen molar-refractivity contribution < 1.29 is 0 Å². The maximum absolute atomic E-state index is 4.10. The van der Waals surface area contributed by atoms with Crippen LogP contribution in [0.4, 0.5) is 0 Å². The Morgan fingerprint density at radius 1 is 0.944 bits per heavy atom. The molecule has 0 spiro atoms. The summed E-state index contributed by atoms with van der Waals surface area (Å²) in [5, 5.41) is 4.10. The van der Waals surface area contributed by atoms with Crippen molar-refractivity contribution in [1.29, 1.82) is 0 Å². The zero-order valence-corrected chi connectivity index (χ0v) is 10.4. The molecule has 2 heteroatoms. The minimum absolute atomic E-state index is 1.08. The van der Waals surface area contributed by atoms with Gasteiger partial charge in [-0.3, -0.25) is 0 Å². The fraction of sp³-hybridized carbons (Fsp3) is 0.0625. The van der Waals surface area contributed by atoms with E-state index in [1.165, 1.54) is 5.56 Å². The Morgan fingerprint density at radius 3 is 2.17 bits per heavy atom. The summed E-state index contributed by atoms with van der Waals surface area (Å²) in [4.78, 5) is 0. The molecule has 90 valence electrons. The van der Waals surface area contributed by atoms with E-state index >= 15 is 0 Å². The van der Waals surface area contributed by atoms with Gasteiger partial charge in [0.1, 0.15) is 0 Å². The van der Waals surface area contributed by atoms with E-state index in [2.05, 4.69) is 40.9 Å². The second-order valence-corrected chi connectivity index (χ2v) is 3.86. The summed E-state index contributed by atoms with van der Waals surface area (Å²) in [6, 6.07) is 20.5. The van der Waals surface area contributed by atoms with Crippen molar-refractivity contribution in [3.8, 4) is 0 Å². The van der Waals surface area contributed by atoms with Gasteiger partial charge in [-0.1, -0.05) is 60.7 Å². The number of benzene rings is 2. The smallest absolute Gasteiger partial charge is 0.0546 e. The van der Waals surface area contributed by atoms with Crippen LogP contribution in [0.15, 0.2) is 65.8 Å². The lowest BCUT2D eigenvalue weighted by Crippen LogP contribution is -1.95. The van der Waals surface area contributed by atoms with E-state index in [1.807, 2.05) is 42.6 Å². The molecule has 0 unspecified atom stereocenters. The first kappa shape index (κ1) is 12.1. The number of hydrogen-bond donors (Lipinski definition) is 1. The van der Waals surface area contributed by atoms with Crippen LogP contribution >= 0.6 is 0 Å². The lowest BCUT2D eigenvalue weighted by atomic mass is 10.0. The molecule has 0 heterocycles. The molecule has 2 nitrogen and oxygen atoms in total.